The van der Waals surface area contributed by atoms with Gasteiger partial charge in [0.15, 0.2) is 5.65 Å². The molecule has 0 aliphatic carbocycles. The first kappa shape index (κ1) is 17.7. The van der Waals surface area contributed by atoms with E-state index in [0.29, 0.717) is 0 Å². The third kappa shape index (κ3) is 3.31. The molecule has 146 valence electrons. The zero-order valence-electron chi connectivity index (χ0n) is 16.3. The van der Waals surface area contributed by atoms with Crippen LogP contribution in [0, 0.1) is 12.7 Å². The molecule has 1 aliphatic heterocycles. The summed E-state index contributed by atoms with van der Waals surface area (Å²) in [5.41, 5.74) is 4.84. The highest BCUT2D eigenvalue weighted by molar-refractivity contribution is 5.78. The summed E-state index contributed by atoms with van der Waals surface area (Å²) >= 11 is 0. The Labute approximate surface area is 169 Å². The van der Waals surface area contributed by atoms with Crippen LogP contribution in [-0.4, -0.2) is 40.8 Å². The van der Waals surface area contributed by atoms with E-state index < -0.39 is 0 Å². The van der Waals surface area contributed by atoms with Crippen LogP contribution in [0.4, 0.5) is 15.9 Å². The maximum Gasteiger partial charge on any atom is 0.165 e. The van der Waals surface area contributed by atoms with Crippen LogP contribution >= 0.6 is 0 Å². The first-order valence-electron chi connectivity index (χ1n) is 9.85. The van der Waals surface area contributed by atoms with Gasteiger partial charge in [0.1, 0.15) is 11.6 Å². The van der Waals surface area contributed by atoms with Gasteiger partial charge in [0.05, 0.1) is 6.20 Å². The number of piperazine rings is 1. The molecule has 1 fully saturated rings. The largest absolute Gasteiger partial charge is 0.368 e. The van der Waals surface area contributed by atoms with Gasteiger partial charge in [0.25, 0.3) is 0 Å². The average Bonchev–Trinajstić information content (AvgIpc) is 3.18. The number of nitrogens with zero attached hydrogens (tertiary/aromatic N) is 5. The van der Waals surface area contributed by atoms with Crippen molar-refractivity contribution < 1.29 is 4.39 Å². The molecule has 0 amide bonds. The number of benzene rings is 2. The topological polar surface area (TPSA) is 36.7 Å². The fourth-order valence-corrected chi connectivity index (χ4v) is 3.96. The van der Waals surface area contributed by atoms with Gasteiger partial charge in [-0.25, -0.2) is 9.37 Å². The molecule has 3 heterocycles. The second-order valence-corrected chi connectivity index (χ2v) is 7.37. The number of anilines is 2. The van der Waals surface area contributed by atoms with Gasteiger partial charge in [-0.05, 0) is 36.8 Å². The predicted octanol–water partition coefficient (Wildman–Crippen LogP) is 4.17. The number of hydrogen-bond donors (Lipinski definition) is 0. The SMILES string of the molecule is Cc1cc(N2CCN(c3ccccc3)CC2)n2ncc(-c3ccc(F)cc3)c2n1. The van der Waals surface area contributed by atoms with Crippen molar-refractivity contribution in [3.05, 3.63) is 78.4 Å². The molecule has 2 aromatic carbocycles. The van der Waals surface area contributed by atoms with Crippen molar-refractivity contribution in [3.8, 4) is 11.1 Å². The molecule has 4 aromatic rings. The van der Waals surface area contributed by atoms with Gasteiger partial charge in [0.2, 0.25) is 0 Å². The van der Waals surface area contributed by atoms with Crippen LogP contribution in [0.2, 0.25) is 0 Å². The lowest BCUT2D eigenvalue weighted by molar-refractivity contribution is 0.628. The van der Waals surface area contributed by atoms with Crippen molar-refractivity contribution in [2.24, 2.45) is 0 Å². The Morgan fingerprint density at radius 3 is 2.28 bits per heavy atom. The first-order valence-corrected chi connectivity index (χ1v) is 9.85. The lowest BCUT2D eigenvalue weighted by Gasteiger charge is -2.37. The Morgan fingerprint density at radius 2 is 1.55 bits per heavy atom. The van der Waals surface area contributed by atoms with E-state index in [-0.39, 0.29) is 5.82 Å². The van der Waals surface area contributed by atoms with Crippen LogP contribution < -0.4 is 9.80 Å². The van der Waals surface area contributed by atoms with Crippen LogP contribution in [-0.2, 0) is 0 Å². The van der Waals surface area contributed by atoms with Crippen LogP contribution in [0.1, 0.15) is 5.69 Å². The molecule has 0 radical (unpaired) electrons. The van der Waals surface area contributed by atoms with Crippen molar-refractivity contribution >= 4 is 17.2 Å². The Kier molecular flexibility index (Phi) is 4.39. The molecule has 0 unspecified atom stereocenters. The highest BCUT2D eigenvalue weighted by Gasteiger charge is 2.21. The van der Waals surface area contributed by atoms with Crippen molar-refractivity contribution in [1.29, 1.82) is 0 Å². The molecule has 0 N–H and O–H groups in total. The minimum Gasteiger partial charge on any atom is -0.368 e. The Morgan fingerprint density at radius 1 is 0.862 bits per heavy atom. The standard InChI is InChI=1S/C23H22FN5/c1-17-15-22(28-13-11-27(12-14-28)20-5-3-2-4-6-20)29-23(26-17)21(16-25-29)18-7-9-19(24)10-8-18/h2-10,15-16H,11-14H2,1H3. The molecule has 0 bridgehead atoms. The summed E-state index contributed by atoms with van der Waals surface area (Å²) in [6.07, 6.45) is 1.82. The molecule has 6 heteroatoms. The number of aromatic nitrogens is 3. The molecule has 0 atom stereocenters. The summed E-state index contributed by atoms with van der Waals surface area (Å²) in [5.74, 6) is 0.805. The molecule has 1 aliphatic rings. The van der Waals surface area contributed by atoms with Gasteiger partial charge in [-0.15, -0.1) is 0 Å². The van der Waals surface area contributed by atoms with Crippen LogP contribution in [0.15, 0.2) is 66.9 Å². The molecule has 1 saturated heterocycles. The summed E-state index contributed by atoms with van der Waals surface area (Å²) in [6, 6.07) is 19.1. The lowest BCUT2D eigenvalue weighted by atomic mass is 10.1. The summed E-state index contributed by atoms with van der Waals surface area (Å²) in [5, 5.41) is 4.62. The zero-order chi connectivity index (χ0) is 19.8. The van der Waals surface area contributed by atoms with Crippen molar-refractivity contribution in [2.75, 3.05) is 36.0 Å². The predicted molar refractivity (Wildman–Crippen MR) is 114 cm³/mol. The van der Waals surface area contributed by atoms with Gasteiger partial charge >= 0.3 is 0 Å². The highest BCUT2D eigenvalue weighted by atomic mass is 19.1. The number of hydrogen-bond acceptors (Lipinski definition) is 4. The minimum atomic E-state index is -0.244. The van der Waals surface area contributed by atoms with E-state index in [4.69, 9.17) is 4.98 Å². The van der Waals surface area contributed by atoms with Crippen molar-refractivity contribution in [2.45, 2.75) is 6.92 Å². The number of rotatable bonds is 3. The summed E-state index contributed by atoms with van der Waals surface area (Å²) in [7, 11) is 0. The first-order chi connectivity index (χ1) is 14.2. The Bertz CT molecular complexity index is 1130. The third-order valence-corrected chi connectivity index (χ3v) is 5.46. The Hall–Kier alpha value is -3.41. The summed E-state index contributed by atoms with van der Waals surface area (Å²) in [4.78, 5) is 9.50. The molecule has 29 heavy (non-hydrogen) atoms. The number of para-hydroxylation sites is 1. The van der Waals surface area contributed by atoms with E-state index in [1.54, 1.807) is 12.1 Å². The quantitative estimate of drug-likeness (QED) is 0.529. The van der Waals surface area contributed by atoms with E-state index in [1.807, 2.05) is 23.7 Å². The molecular weight excluding hydrogens is 365 g/mol. The fourth-order valence-electron chi connectivity index (χ4n) is 3.96. The average molecular weight is 387 g/mol. The molecular formula is C23H22FN5. The lowest BCUT2D eigenvalue weighted by Crippen LogP contribution is -2.47. The van der Waals surface area contributed by atoms with E-state index >= 15 is 0 Å². The Balaban J connectivity index is 1.46. The smallest absolute Gasteiger partial charge is 0.165 e. The van der Waals surface area contributed by atoms with Crippen molar-refractivity contribution in [3.63, 3.8) is 0 Å². The molecule has 0 spiro atoms. The zero-order valence-corrected chi connectivity index (χ0v) is 16.3. The highest BCUT2D eigenvalue weighted by Crippen LogP contribution is 2.28. The second-order valence-electron chi connectivity index (χ2n) is 7.37. The van der Waals surface area contributed by atoms with E-state index in [1.165, 1.54) is 17.8 Å². The van der Waals surface area contributed by atoms with Gasteiger partial charge in [-0.3, -0.25) is 0 Å². The summed E-state index contributed by atoms with van der Waals surface area (Å²) < 4.78 is 15.2. The monoisotopic (exact) mass is 387 g/mol. The number of fused-ring (bicyclic) bond motifs is 1. The maximum atomic E-state index is 13.3. The van der Waals surface area contributed by atoms with E-state index in [9.17, 15) is 4.39 Å². The molecule has 5 rings (SSSR count). The third-order valence-electron chi connectivity index (χ3n) is 5.46. The van der Waals surface area contributed by atoms with E-state index in [2.05, 4.69) is 45.2 Å². The second kappa shape index (κ2) is 7.20. The van der Waals surface area contributed by atoms with Crippen LogP contribution in [0.3, 0.4) is 0 Å². The van der Waals surface area contributed by atoms with Gasteiger partial charge in [-0.2, -0.15) is 9.61 Å². The van der Waals surface area contributed by atoms with Crippen LogP contribution in [0.25, 0.3) is 16.8 Å². The number of aryl methyl sites for hydroxylation is 1. The van der Waals surface area contributed by atoms with Gasteiger partial charge < -0.3 is 9.80 Å². The molecule has 0 saturated carbocycles. The van der Waals surface area contributed by atoms with Crippen LogP contribution in [0.5, 0.6) is 0 Å². The summed E-state index contributed by atoms with van der Waals surface area (Å²) in [6.45, 7) is 5.75. The molecule has 5 nitrogen and oxygen atoms in total. The number of halogens is 1. The van der Waals surface area contributed by atoms with Crippen molar-refractivity contribution in [1.82, 2.24) is 14.6 Å². The van der Waals surface area contributed by atoms with E-state index in [0.717, 1.165) is 54.5 Å². The molecule has 2 aromatic heterocycles. The minimum absolute atomic E-state index is 0.244. The normalized spacial score (nSPS) is 14.6. The van der Waals surface area contributed by atoms with Gasteiger partial charge in [-0.1, -0.05) is 30.3 Å². The fraction of sp³-hybridized carbons (Fsp3) is 0.217. The van der Waals surface area contributed by atoms with Gasteiger partial charge in [0, 0.05) is 49.2 Å². The maximum absolute atomic E-state index is 13.3.